The highest BCUT2D eigenvalue weighted by Gasteiger charge is 2.34. The summed E-state index contributed by atoms with van der Waals surface area (Å²) in [5, 5.41) is 16.8. The van der Waals surface area contributed by atoms with Crippen LogP contribution in [0, 0.1) is 17.0 Å². The third kappa shape index (κ3) is 7.47. The van der Waals surface area contributed by atoms with Gasteiger partial charge in [-0.05, 0) is 109 Å². The van der Waals surface area contributed by atoms with Crippen LogP contribution in [0.5, 0.6) is 0 Å². The molecule has 0 saturated carbocycles. The Labute approximate surface area is 272 Å². The van der Waals surface area contributed by atoms with Crippen LogP contribution in [0.25, 0.3) is 31.9 Å². The Bertz CT molecular complexity index is 1710. The molecule has 1 atom stereocenters. The zero-order valence-corrected chi connectivity index (χ0v) is 28.1. The molecule has 0 spiro atoms. The molecule has 238 valence electrons. The van der Waals surface area contributed by atoms with Gasteiger partial charge in [0.25, 0.3) is 5.69 Å². The molecule has 4 aromatic rings. The lowest BCUT2D eigenvalue weighted by Gasteiger charge is -2.30. The largest absolute Gasteiger partial charge is 0.464 e. The molecule has 9 nitrogen and oxygen atoms in total. The highest BCUT2D eigenvalue weighted by atomic mass is 35.5. The fourth-order valence-electron chi connectivity index (χ4n) is 5.68. The topological polar surface area (TPSA) is 107 Å². The van der Waals surface area contributed by atoms with E-state index >= 15 is 0 Å². The van der Waals surface area contributed by atoms with Crippen LogP contribution in [-0.4, -0.2) is 59.2 Å². The molecule has 1 aromatic heterocycles. The summed E-state index contributed by atoms with van der Waals surface area (Å²) in [7, 11) is 2.09. The van der Waals surface area contributed by atoms with Crippen LogP contribution in [0.2, 0.25) is 5.02 Å². The lowest BCUT2D eigenvalue weighted by Crippen LogP contribution is -2.36. The summed E-state index contributed by atoms with van der Waals surface area (Å²) in [6.07, 6.45) is 0.860. The van der Waals surface area contributed by atoms with E-state index in [9.17, 15) is 14.9 Å². The van der Waals surface area contributed by atoms with Crippen LogP contribution in [0.1, 0.15) is 57.8 Å². The number of piperidine rings is 1. The summed E-state index contributed by atoms with van der Waals surface area (Å²) >= 11 is 7.69. The number of carbonyl (C=O) groups excluding carboxylic acids is 1. The Morgan fingerprint density at radius 1 is 1.16 bits per heavy atom. The van der Waals surface area contributed by atoms with Crippen molar-refractivity contribution in [1.29, 1.82) is 0 Å². The summed E-state index contributed by atoms with van der Waals surface area (Å²) in [5.41, 5.74) is 4.39. The van der Waals surface area contributed by atoms with Crippen molar-refractivity contribution in [3.05, 3.63) is 74.8 Å². The number of esters is 1. The molecule has 45 heavy (non-hydrogen) atoms. The Morgan fingerprint density at radius 2 is 1.82 bits per heavy atom. The zero-order chi connectivity index (χ0) is 32.5. The van der Waals surface area contributed by atoms with Gasteiger partial charge in [-0.1, -0.05) is 23.7 Å². The van der Waals surface area contributed by atoms with E-state index in [2.05, 4.69) is 17.3 Å². The second kappa shape index (κ2) is 13.4. The number of nitro benzene ring substituents is 1. The predicted molar refractivity (Wildman–Crippen MR) is 181 cm³/mol. The number of hydrogen-bond donors (Lipinski definition) is 1. The third-order valence-corrected chi connectivity index (χ3v) is 9.20. The second-order valence-corrected chi connectivity index (χ2v) is 13.9. The zero-order valence-electron chi connectivity index (χ0n) is 26.5. The van der Waals surface area contributed by atoms with Gasteiger partial charge in [0.2, 0.25) is 0 Å². The summed E-state index contributed by atoms with van der Waals surface area (Å²) in [6.45, 7) is 11.5. The van der Waals surface area contributed by atoms with Crippen LogP contribution >= 0.6 is 22.9 Å². The van der Waals surface area contributed by atoms with Crippen molar-refractivity contribution in [3.63, 3.8) is 0 Å². The van der Waals surface area contributed by atoms with Gasteiger partial charge in [-0.2, -0.15) is 0 Å². The van der Waals surface area contributed by atoms with E-state index in [4.69, 9.17) is 26.1 Å². The molecule has 1 aliphatic rings. The number of nitrogens with one attached hydrogen (secondary N) is 1. The van der Waals surface area contributed by atoms with Crippen LogP contribution in [0.4, 0.5) is 11.4 Å². The van der Waals surface area contributed by atoms with Crippen LogP contribution in [0.3, 0.4) is 0 Å². The van der Waals surface area contributed by atoms with Gasteiger partial charge in [0.15, 0.2) is 6.10 Å². The minimum Gasteiger partial charge on any atom is -0.464 e. The maximum atomic E-state index is 13.4. The number of anilines is 1. The van der Waals surface area contributed by atoms with Gasteiger partial charge in [0, 0.05) is 33.8 Å². The Balaban J connectivity index is 1.65. The van der Waals surface area contributed by atoms with Crippen molar-refractivity contribution in [3.8, 4) is 21.7 Å². The Morgan fingerprint density at radius 3 is 2.44 bits per heavy atom. The van der Waals surface area contributed by atoms with Crippen molar-refractivity contribution >= 4 is 50.5 Å². The number of ether oxygens (including phenoxy) is 2. The maximum Gasteiger partial charge on any atom is 0.339 e. The number of halogens is 1. The summed E-state index contributed by atoms with van der Waals surface area (Å²) in [5.74, 6) is -0.474. The lowest BCUT2D eigenvalue weighted by atomic mass is 9.91. The number of aryl methyl sites for hydroxylation is 1. The molecule has 0 bridgehead atoms. The summed E-state index contributed by atoms with van der Waals surface area (Å²) in [4.78, 5) is 32.5. The molecule has 11 heteroatoms. The first-order valence-corrected chi connectivity index (χ1v) is 16.3. The molecular weight excluding hydrogens is 612 g/mol. The van der Waals surface area contributed by atoms with E-state index in [1.807, 2.05) is 52.0 Å². The van der Waals surface area contributed by atoms with E-state index in [-0.39, 0.29) is 23.3 Å². The number of nitro groups is 1. The van der Waals surface area contributed by atoms with E-state index < -0.39 is 17.7 Å². The average Bonchev–Trinajstić information content (AvgIpc) is 3.40. The molecule has 3 aromatic carbocycles. The summed E-state index contributed by atoms with van der Waals surface area (Å²) < 4.78 is 12.7. The molecule has 0 radical (unpaired) electrons. The molecule has 0 unspecified atom stereocenters. The second-order valence-electron chi connectivity index (χ2n) is 12.4. The number of hydrogen-bond acceptors (Lipinski definition) is 9. The number of rotatable bonds is 9. The number of aromatic nitrogens is 1. The van der Waals surface area contributed by atoms with Crippen molar-refractivity contribution < 1.29 is 19.2 Å². The molecule has 0 amide bonds. The predicted octanol–water partition coefficient (Wildman–Crippen LogP) is 8.43. The van der Waals surface area contributed by atoms with Gasteiger partial charge in [-0.3, -0.25) is 10.1 Å². The highest BCUT2D eigenvalue weighted by Crippen LogP contribution is 2.45. The molecule has 2 heterocycles. The molecule has 0 aliphatic carbocycles. The van der Waals surface area contributed by atoms with Crippen LogP contribution < -0.4 is 5.32 Å². The van der Waals surface area contributed by atoms with Gasteiger partial charge in [0.1, 0.15) is 10.7 Å². The molecule has 1 fully saturated rings. The van der Waals surface area contributed by atoms with Crippen molar-refractivity contribution in [2.75, 3.05) is 32.1 Å². The minimum atomic E-state index is -0.989. The Kier molecular flexibility index (Phi) is 9.79. The van der Waals surface area contributed by atoms with Gasteiger partial charge in [0.05, 0.1) is 27.3 Å². The van der Waals surface area contributed by atoms with Crippen LogP contribution in [-0.2, 0) is 14.3 Å². The van der Waals surface area contributed by atoms with Gasteiger partial charge in [-0.15, -0.1) is 11.3 Å². The average molecular weight is 651 g/mol. The number of benzene rings is 3. The van der Waals surface area contributed by atoms with E-state index in [0.717, 1.165) is 52.8 Å². The molecule has 1 aliphatic heterocycles. The van der Waals surface area contributed by atoms with E-state index in [0.29, 0.717) is 26.8 Å². The molecular formula is C34H39ClN4O5S. The van der Waals surface area contributed by atoms with Gasteiger partial charge < -0.3 is 19.7 Å². The third-order valence-electron chi connectivity index (χ3n) is 7.81. The molecule has 1 saturated heterocycles. The first kappa shape index (κ1) is 32.8. The molecule has 1 N–H and O–H groups in total. The first-order valence-electron chi connectivity index (χ1n) is 15.1. The normalized spacial score (nSPS) is 15.3. The van der Waals surface area contributed by atoms with Crippen molar-refractivity contribution in [2.45, 2.75) is 65.2 Å². The number of thiazole rings is 1. The SMILES string of the molecule is CCOC(=O)[C@@H](OC(C)(C)C)c1c(C)cc2nc(-c3ccc(NC4CCN(C)CC4)c([N+](=O)[O-])c3)sc2c1-c1ccc(Cl)cc1. The van der Waals surface area contributed by atoms with Crippen molar-refractivity contribution in [1.82, 2.24) is 9.88 Å². The number of fused-ring (bicyclic) bond motifs is 1. The quantitative estimate of drug-likeness (QED) is 0.109. The van der Waals surface area contributed by atoms with Crippen LogP contribution in [0.15, 0.2) is 48.5 Å². The van der Waals surface area contributed by atoms with Gasteiger partial charge >= 0.3 is 5.97 Å². The number of nitrogens with zero attached hydrogens (tertiary/aromatic N) is 3. The Hall–Kier alpha value is -3.57. The standard InChI is InChI=1S/C34H39ClN4O5S/c1-7-43-33(40)30(44-34(3,4)5)28-20(2)18-26-31(29(28)21-8-11-23(35)12-9-21)45-32(37-26)22-10-13-25(27(19-22)39(41)42)36-24-14-16-38(6)17-15-24/h8-13,18-19,24,30,36H,7,14-17H2,1-6H3/t30-/m0/s1. The monoisotopic (exact) mass is 650 g/mol. The smallest absolute Gasteiger partial charge is 0.339 e. The summed E-state index contributed by atoms with van der Waals surface area (Å²) in [6, 6.07) is 14.8. The lowest BCUT2D eigenvalue weighted by molar-refractivity contribution is -0.383. The fraction of sp³-hybridized carbons (Fsp3) is 0.412. The van der Waals surface area contributed by atoms with E-state index in [1.54, 1.807) is 31.2 Å². The fourth-order valence-corrected chi connectivity index (χ4v) is 6.93. The first-order chi connectivity index (χ1) is 21.3. The minimum absolute atomic E-state index is 0.0152. The molecule has 5 rings (SSSR count). The highest BCUT2D eigenvalue weighted by molar-refractivity contribution is 7.22. The maximum absolute atomic E-state index is 13.4. The number of likely N-dealkylation sites (tertiary alicyclic amines) is 1. The van der Waals surface area contributed by atoms with Crippen molar-refractivity contribution in [2.24, 2.45) is 0 Å². The van der Waals surface area contributed by atoms with Gasteiger partial charge in [-0.25, -0.2) is 9.78 Å². The van der Waals surface area contributed by atoms with E-state index in [1.165, 1.54) is 11.3 Å². The number of carbonyl (C=O) groups is 1.